The van der Waals surface area contributed by atoms with E-state index < -0.39 is 0 Å². The van der Waals surface area contributed by atoms with Crippen molar-refractivity contribution in [3.8, 4) is 5.75 Å². The van der Waals surface area contributed by atoms with Gasteiger partial charge in [0.2, 0.25) is 5.91 Å². The van der Waals surface area contributed by atoms with E-state index in [0.717, 1.165) is 21.9 Å². The highest BCUT2D eigenvalue weighted by atomic mass is 35.5. The summed E-state index contributed by atoms with van der Waals surface area (Å²) in [5, 5.41) is 10.6. The molecule has 4 N–H and O–H groups in total. The third-order valence-corrected chi connectivity index (χ3v) is 6.07. The van der Waals surface area contributed by atoms with Crippen LogP contribution in [0.5, 0.6) is 5.75 Å². The Hall–Kier alpha value is -2.26. The number of quaternary nitrogens is 1. The van der Waals surface area contributed by atoms with Crippen LogP contribution in [-0.4, -0.2) is 52.8 Å². The van der Waals surface area contributed by atoms with Gasteiger partial charge >= 0.3 is 5.97 Å². The predicted octanol–water partition coefficient (Wildman–Crippen LogP) is -0.285. The van der Waals surface area contributed by atoms with Gasteiger partial charge in [-0.05, 0) is 42.4 Å². The van der Waals surface area contributed by atoms with E-state index in [-0.39, 0.29) is 48.5 Å². The second-order valence-corrected chi connectivity index (χ2v) is 9.05. The number of rotatable bonds is 13. The SMILES string of the molecule is COC(=O)[C@H](C)SCCCC(=O)N(O)C[C@@H]([NH3+])Cc1ccc(OCc2ccccc2)cc1.[Cl-]. The summed E-state index contributed by atoms with van der Waals surface area (Å²) < 4.78 is 10.5. The molecule has 0 aliphatic rings. The lowest BCUT2D eigenvalue weighted by Crippen LogP contribution is -3.00. The number of hydrogen-bond donors (Lipinski definition) is 2. The van der Waals surface area contributed by atoms with E-state index >= 15 is 0 Å². The van der Waals surface area contributed by atoms with Gasteiger partial charge in [-0.1, -0.05) is 42.5 Å². The summed E-state index contributed by atoms with van der Waals surface area (Å²) in [5.41, 5.74) is 6.23. The van der Waals surface area contributed by atoms with Crippen LogP contribution in [0.2, 0.25) is 0 Å². The fourth-order valence-electron chi connectivity index (χ4n) is 3.05. The van der Waals surface area contributed by atoms with E-state index in [1.165, 1.54) is 18.9 Å². The van der Waals surface area contributed by atoms with E-state index in [0.29, 0.717) is 25.2 Å². The van der Waals surface area contributed by atoms with Gasteiger partial charge in [-0.3, -0.25) is 14.8 Å². The monoisotopic (exact) mass is 496 g/mol. The molecule has 0 unspecified atom stereocenters. The number of nitrogens with zero attached hydrogens (tertiary/aromatic N) is 1. The van der Waals surface area contributed by atoms with Gasteiger partial charge in [-0.25, -0.2) is 5.06 Å². The Morgan fingerprint density at radius 1 is 1.09 bits per heavy atom. The van der Waals surface area contributed by atoms with E-state index in [9.17, 15) is 14.8 Å². The lowest BCUT2D eigenvalue weighted by molar-refractivity contribution is -0.425. The maximum absolute atomic E-state index is 12.1. The maximum atomic E-state index is 12.1. The minimum absolute atomic E-state index is 0. The predicted molar refractivity (Wildman–Crippen MR) is 124 cm³/mol. The Morgan fingerprint density at radius 2 is 1.76 bits per heavy atom. The van der Waals surface area contributed by atoms with Crippen LogP contribution in [-0.2, 0) is 27.4 Å². The van der Waals surface area contributed by atoms with Crippen LogP contribution in [0, 0.1) is 0 Å². The highest BCUT2D eigenvalue weighted by Crippen LogP contribution is 2.16. The molecule has 0 bridgehead atoms. The molecule has 0 fully saturated rings. The highest BCUT2D eigenvalue weighted by molar-refractivity contribution is 8.00. The Kier molecular flexibility index (Phi) is 13.6. The Labute approximate surface area is 206 Å². The molecule has 0 spiro atoms. The van der Waals surface area contributed by atoms with Crippen molar-refractivity contribution in [1.82, 2.24) is 5.06 Å². The van der Waals surface area contributed by atoms with Crippen molar-refractivity contribution in [2.75, 3.05) is 19.4 Å². The molecule has 0 saturated carbocycles. The number of carbonyl (C=O) groups is 2. The van der Waals surface area contributed by atoms with Crippen LogP contribution < -0.4 is 22.9 Å². The smallest absolute Gasteiger partial charge is 0.318 e. The molecular formula is C24H33ClN2O5S. The molecule has 0 heterocycles. The zero-order valence-corrected chi connectivity index (χ0v) is 20.7. The van der Waals surface area contributed by atoms with Gasteiger partial charge in [0.05, 0.1) is 12.4 Å². The van der Waals surface area contributed by atoms with Crippen LogP contribution in [0.25, 0.3) is 0 Å². The van der Waals surface area contributed by atoms with Gasteiger partial charge in [0.25, 0.3) is 0 Å². The van der Waals surface area contributed by atoms with Gasteiger partial charge in [-0.15, -0.1) is 11.8 Å². The van der Waals surface area contributed by atoms with Crippen molar-refractivity contribution in [3.63, 3.8) is 0 Å². The van der Waals surface area contributed by atoms with Crippen molar-refractivity contribution < 1.29 is 42.4 Å². The van der Waals surface area contributed by atoms with Crippen LogP contribution in [0.15, 0.2) is 54.6 Å². The quantitative estimate of drug-likeness (QED) is 0.171. The molecule has 0 aliphatic heterocycles. The number of thioether (sulfide) groups is 1. The summed E-state index contributed by atoms with van der Waals surface area (Å²) in [6.45, 7) is 2.45. The lowest BCUT2D eigenvalue weighted by Gasteiger charge is -2.18. The molecule has 2 rings (SSSR count). The molecule has 33 heavy (non-hydrogen) atoms. The maximum Gasteiger partial charge on any atom is 0.318 e. The number of halogens is 1. The highest BCUT2D eigenvalue weighted by Gasteiger charge is 2.18. The zero-order valence-electron chi connectivity index (χ0n) is 19.1. The summed E-state index contributed by atoms with van der Waals surface area (Å²) >= 11 is 1.43. The number of esters is 1. The summed E-state index contributed by atoms with van der Waals surface area (Å²) in [6, 6.07) is 17.6. The molecule has 2 atom stereocenters. The first kappa shape index (κ1) is 28.8. The minimum Gasteiger partial charge on any atom is -1.00 e. The number of carbonyl (C=O) groups excluding carboxylic acids is 2. The summed E-state index contributed by atoms with van der Waals surface area (Å²) in [6.07, 6.45) is 1.43. The van der Waals surface area contributed by atoms with Gasteiger partial charge in [0.15, 0.2) is 0 Å². The number of hydroxylamine groups is 2. The summed E-state index contributed by atoms with van der Waals surface area (Å²) in [4.78, 5) is 23.5. The van der Waals surface area contributed by atoms with Gasteiger partial charge in [-0.2, -0.15) is 0 Å². The number of amides is 1. The lowest BCUT2D eigenvalue weighted by atomic mass is 10.1. The summed E-state index contributed by atoms with van der Waals surface area (Å²) in [5.74, 6) is 0.814. The van der Waals surface area contributed by atoms with Gasteiger partial charge < -0.3 is 27.6 Å². The van der Waals surface area contributed by atoms with E-state index in [1.807, 2.05) is 54.6 Å². The van der Waals surface area contributed by atoms with Crippen LogP contribution in [0.3, 0.4) is 0 Å². The fraction of sp³-hybridized carbons (Fsp3) is 0.417. The second-order valence-electron chi connectivity index (χ2n) is 7.60. The molecule has 7 nitrogen and oxygen atoms in total. The van der Waals surface area contributed by atoms with Crippen molar-refractivity contribution in [2.24, 2.45) is 0 Å². The fourth-order valence-corrected chi connectivity index (χ4v) is 3.95. The molecule has 182 valence electrons. The van der Waals surface area contributed by atoms with Crippen molar-refractivity contribution in [1.29, 1.82) is 0 Å². The van der Waals surface area contributed by atoms with E-state index in [4.69, 9.17) is 4.74 Å². The Morgan fingerprint density at radius 3 is 2.39 bits per heavy atom. The molecule has 2 aromatic rings. The van der Waals surface area contributed by atoms with E-state index in [2.05, 4.69) is 10.5 Å². The van der Waals surface area contributed by atoms with Crippen molar-refractivity contribution >= 4 is 23.6 Å². The summed E-state index contributed by atoms with van der Waals surface area (Å²) in [7, 11) is 1.36. The van der Waals surface area contributed by atoms with Gasteiger partial charge in [0.1, 0.15) is 24.9 Å². The number of methoxy groups -OCH3 is 1. The third kappa shape index (κ3) is 10.9. The minimum atomic E-state index is -0.338. The van der Waals surface area contributed by atoms with E-state index in [1.54, 1.807) is 6.92 Å². The molecule has 0 aromatic heterocycles. The first-order valence-corrected chi connectivity index (χ1v) is 11.7. The zero-order chi connectivity index (χ0) is 23.3. The molecule has 9 heteroatoms. The van der Waals surface area contributed by atoms with Gasteiger partial charge in [0, 0.05) is 12.8 Å². The Balaban J connectivity index is 0.00000544. The number of ether oxygens (including phenoxy) is 2. The second kappa shape index (κ2) is 15.6. The van der Waals surface area contributed by atoms with Crippen LogP contribution >= 0.6 is 11.8 Å². The molecule has 2 aromatic carbocycles. The third-order valence-electron chi connectivity index (χ3n) is 4.85. The number of hydrogen-bond acceptors (Lipinski definition) is 6. The first-order valence-electron chi connectivity index (χ1n) is 10.7. The average Bonchev–Trinajstić information content (AvgIpc) is 2.81. The van der Waals surface area contributed by atoms with Crippen molar-refractivity contribution in [2.45, 2.75) is 44.1 Å². The van der Waals surface area contributed by atoms with Crippen LogP contribution in [0.4, 0.5) is 0 Å². The first-order chi connectivity index (χ1) is 15.4. The van der Waals surface area contributed by atoms with Crippen molar-refractivity contribution in [3.05, 3.63) is 65.7 Å². The molecule has 0 saturated heterocycles. The molecule has 0 radical (unpaired) electrons. The Bertz CT molecular complexity index is 839. The largest absolute Gasteiger partial charge is 1.00 e. The normalized spacial score (nSPS) is 12.2. The van der Waals surface area contributed by atoms with Crippen LogP contribution in [0.1, 0.15) is 30.9 Å². The molecular weight excluding hydrogens is 464 g/mol. The number of benzene rings is 2. The standard InChI is InChI=1S/C24H32N2O5S.ClH/c1-18(24(28)30-2)32-14-6-9-23(27)26(29)16-21(25)15-19-10-12-22(13-11-19)31-17-20-7-4-3-5-8-20;/h3-5,7-8,10-13,18,21,29H,6,9,14-17,25H2,1-2H3;1H/t18-,21-;/m0./s1. The topological polar surface area (TPSA) is 104 Å². The molecule has 1 amide bonds. The average molecular weight is 497 g/mol. The molecule has 0 aliphatic carbocycles.